The molecule has 1 atom stereocenters. The van der Waals surface area contributed by atoms with Gasteiger partial charge in [-0.15, -0.1) is 0 Å². The first-order valence-electron chi connectivity index (χ1n) is 7.27. The molecule has 7 heteroatoms. The van der Waals surface area contributed by atoms with E-state index in [0.29, 0.717) is 17.9 Å². The maximum atomic E-state index is 11.5. The van der Waals surface area contributed by atoms with E-state index in [9.17, 15) is 9.90 Å². The highest BCUT2D eigenvalue weighted by Crippen LogP contribution is 2.23. The molecule has 0 aliphatic rings. The van der Waals surface area contributed by atoms with E-state index in [1.807, 2.05) is 0 Å². The van der Waals surface area contributed by atoms with Gasteiger partial charge in [0.25, 0.3) is 5.91 Å². The average molecular weight is 326 g/mol. The fourth-order valence-corrected chi connectivity index (χ4v) is 2.51. The first kappa shape index (κ1) is 18.6. The molecule has 0 spiro atoms. The third-order valence-corrected chi connectivity index (χ3v) is 4.88. The second-order valence-electron chi connectivity index (χ2n) is 6.35. The SMILES string of the molecule is C[Si](C)(C)CCOCOc1ccc([C@@H](O)CN)cc1C(N)=O. The molecule has 1 rings (SSSR count). The number of ether oxygens (including phenoxy) is 2. The van der Waals surface area contributed by atoms with Gasteiger partial charge in [0.1, 0.15) is 5.75 Å². The molecule has 0 aliphatic carbocycles. The first-order valence-corrected chi connectivity index (χ1v) is 11.0. The van der Waals surface area contributed by atoms with Crippen LogP contribution in [0.15, 0.2) is 18.2 Å². The second-order valence-corrected chi connectivity index (χ2v) is 12.0. The molecule has 0 heterocycles. The lowest BCUT2D eigenvalue weighted by Crippen LogP contribution is -2.22. The third kappa shape index (κ3) is 6.14. The van der Waals surface area contributed by atoms with Crippen molar-refractivity contribution in [3.05, 3.63) is 29.3 Å². The fourth-order valence-electron chi connectivity index (χ4n) is 1.75. The molecule has 0 saturated heterocycles. The Morgan fingerprint density at radius 2 is 2.05 bits per heavy atom. The Morgan fingerprint density at radius 1 is 1.36 bits per heavy atom. The van der Waals surface area contributed by atoms with Gasteiger partial charge in [-0.25, -0.2) is 0 Å². The highest BCUT2D eigenvalue weighted by atomic mass is 28.3. The molecule has 1 aromatic rings. The molecule has 0 unspecified atom stereocenters. The van der Waals surface area contributed by atoms with E-state index in [-0.39, 0.29) is 18.9 Å². The molecule has 22 heavy (non-hydrogen) atoms. The number of aliphatic hydroxyl groups is 1. The summed E-state index contributed by atoms with van der Waals surface area (Å²) in [5, 5.41) is 9.71. The Balaban J connectivity index is 2.64. The largest absolute Gasteiger partial charge is 0.467 e. The summed E-state index contributed by atoms with van der Waals surface area (Å²) in [7, 11) is -1.13. The van der Waals surface area contributed by atoms with Crippen molar-refractivity contribution in [2.24, 2.45) is 11.5 Å². The summed E-state index contributed by atoms with van der Waals surface area (Å²) in [4.78, 5) is 11.5. The van der Waals surface area contributed by atoms with Crippen LogP contribution in [0.3, 0.4) is 0 Å². The van der Waals surface area contributed by atoms with Gasteiger partial charge < -0.3 is 26.0 Å². The van der Waals surface area contributed by atoms with Crippen LogP contribution in [0, 0.1) is 0 Å². The van der Waals surface area contributed by atoms with E-state index in [4.69, 9.17) is 20.9 Å². The van der Waals surface area contributed by atoms with Crippen LogP contribution in [-0.4, -0.2) is 39.0 Å². The number of amides is 1. The molecule has 0 aliphatic heterocycles. The number of hydrogen-bond acceptors (Lipinski definition) is 5. The highest BCUT2D eigenvalue weighted by Gasteiger charge is 2.15. The third-order valence-electron chi connectivity index (χ3n) is 3.17. The molecule has 124 valence electrons. The van der Waals surface area contributed by atoms with Crippen molar-refractivity contribution in [3.63, 3.8) is 0 Å². The molecular formula is C15H26N2O4Si. The Kier molecular flexibility index (Phi) is 7.01. The zero-order chi connectivity index (χ0) is 16.8. The number of primary amides is 1. The van der Waals surface area contributed by atoms with Crippen LogP contribution in [-0.2, 0) is 4.74 Å². The van der Waals surface area contributed by atoms with Gasteiger partial charge in [-0.05, 0) is 23.7 Å². The molecule has 0 radical (unpaired) electrons. The minimum absolute atomic E-state index is 0.0591. The number of aliphatic hydroxyl groups excluding tert-OH is 1. The Bertz CT molecular complexity index is 503. The molecule has 6 nitrogen and oxygen atoms in total. The van der Waals surface area contributed by atoms with Crippen LogP contribution in [0.25, 0.3) is 0 Å². The zero-order valence-electron chi connectivity index (χ0n) is 13.5. The minimum Gasteiger partial charge on any atom is -0.467 e. The topological polar surface area (TPSA) is 108 Å². The van der Waals surface area contributed by atoms with E-state index < -0.39 is 20.1 Å². The number of nitrogens with two attached hydrogens (primary N) is 2. The van der Waals surface area contributed by atoms with Crippen molar-refractivity contribution in [2.75, 3.05) is 19.9 Å². The molecule has 5 N–H and O–H groups in total. The van der Waals surface area contributed by atoms with Crippen LogP contribution in [0.2, 0.25) is 25.7 Å². The summed E-state index contributed by atoms with van der Waals surface area (Å²) in [5.41, 5.74) is 11.5. The number of benzene rings is 1. The second kappa shape index (κ2) is 8.28. The molecule has 0 saturated carbocycles. The maximum absolute atomic E-state index is 11.5. The van der Waals surface area contributed by atoms with Crippen molar-refractivity contribution in [3.8, 4) is 5.75 Å². The molecule has 1 aromatic carbocycles. The lowest BCUT2D eigenvalue weighted by atomic mass is 10.0. The van der Waals surface area contributed by atoms with Crippen LogP contribution in [0.1, 0.15) is 22.0 Å². The molecule has 0 bridgehead atoms. The minimum atomic E-state index is -1.13. The quantitative estimate of drug-likeness (QED) is 0.362. The van der Waals surface area contributed by atoms with E-state index in [1.54, 1.807) is 12.1 Å². The van der Waals surface area contributed by atoms with E-state index in [0.717, 1.165) is 6.04 Å². The lowest BCUT2D eigenvalue weighted by molar-refractivity contribution is 0.0215. The molecule has 1 amide bonds. The van der Waals surface area contributed by atoms with Crippen molar-refractivity contribution < 1.29 is 19.4 Å². The molecular weight excluding hydrogens is 300 g/mol. The van der Waals surface area contributed by atoms with E-state index in [2.05, 4.69) is 19.6 Å². The van der Waals surface area contributed by atoms with Gasteiger partial charge in [0, 0.05) is 21.2 Å². The maximum Gasteiger partial charge on any atom is 0.252 e. The van der Waals surface area contributed by atoms with Crippen LogP contribution in [0.4, 0.5) is 0 Å². The lowest BCUT2D eigenvalue weighted by Gasteiger charge is -2.16. The normalized spacial score (nSPS) is 13.0. The zero-order valence-corrected chi connectivity index (χ0v) is 14.5. The van der Waals surface area contributed by atoms with Crippen molar-refractivity contribution in [2.45, 2.75) is 31.8 Å². The van der Waals surface area contributed by atoms with Crippen molar-refractivity contribution >= 4 is 14.0 Å². The molecule has 0 fully saturated rings. The van der Waals surface area contributed by atoms with E-state index >= 15 is 0 Å². The van der Waals surface area contributed by atoms with Gasteiger partial charge in [-0.3, -0.25) is 4.79 Å². The predicted octanol–water partition coefficient (Wildman–Crippen LogP) is 1.47. The van der Waals surface area contributed by atoms with Gasteiger partial charge in [0.2, 0.25) is 0 Å². The van der Waals surface area contributed by atoms with Crippen molar-refractivity contribution in [1.82, 2.24) is 0 Å². The van der Waals surface area contributed by atoms with E-state index in [1.165, 1.54) is 6.07 Å². The van der Waals surface area contributed by atoms with Gasteiger partial charge in [0.15, 0.2) is 6.79 Å². The Labute approximate surface area is 132 Å². The first-order chi connectivity index (χ1) is 10.2. The van der Waals surface area contributed by atoms with Gasteiger partial charge in [-0.2, -0.15) is 0 Å². The summed E-state index contributed by atoms with van der Waals surface area (Å²) < 4.78 is 10.9. The van der Waals surface area contributed by atoms with Crippen LogP contribution >= 0.6 is 0 Å². The predicted molar refractivity (Wildman–Crippen MR) is 88.6 cm³/mol. The Morgan fingerprint density at radius 3 is 2.59 bits per heavy atom. The van der Waals surface area contributed by atoms with Gasteiger partial charge in [0.05, 0.1) is 11.7 Å². The summed E-state index contributed by atoms with van der Waals surface area (Å²) >= 11 is 0. The summed E-state index contributed by atoms with van der Waals surface area (Å²) in [6.45, 7) is 7.56. The van der Waals surface area contributed by atoms with Crippen LogP contribution in [0.5, 0.6) is 5.75 Å². The average Bonchev–Trinajstić information content (AvgIpc) is 2.44. The number of hydrogen-bond donors (Lipinski definition) is 3. The smallest absolute Gasteiger partial charge is 0.252 e. The number of carbonyl (C=O) groups excluding carboxylic acids is 1. The monoisotopic (exact) mass is 326 g/mol. The van der Waals surface area contributed by atoms with Crippen LogP contribution < -0.4 is 16.2 Å². The summed E-state index contributed by atoms with van der Waals surface area (Å²) in [5.74, 6) is -0.281. The Hall–Kier alpha value is -1.41. The molecule has 0 aromatic heterocycles. The fraction of sp³-hybridized carbons (Fsp3) is 0.533. The summed E-state index contributed by atoms with van der Waals surface area (Å²) in [6.07, 6.45) is -0.833. The number of carbonyl (C=O) groups is 1. The van der Waals surface area contributed by atoms with Gasteiger partial charge >= 0.3 is 0 Å². The summed E-state index contributed by atoms with van der Waals surface area (Å²) in [6, 6.07) is 5.79. The number of rotatable bonds is 9. The highest BCUT2D eigenvalue weighted by molar-refractivity contribution is 6.76. The standard InChI is InChI=1S/C15H26N2O4Si/c1-22(2,3)7-6-20-10-21-14-5-4-11(13(18)9-16)8-12(14)15(17)19/h4-5,8,13,18H,6-7,9-10,16H2,1-3H3,(H2,17,19)/t13-/m0/s1. The van der Waals surface area contributed by atoms with Crippen molar-refractivity contribution in [1.29, 1.82) is 0 Å². The van der Waals surface area contributed by atoms with Gasteiger partial charge in [-0.1, -0.05) is 25.7 Å².